The number of hydrogen-bond donors (Lipinski definition) is 1. The number of amides is 1. The van der Waals surface area contributed by atoms with E-state index in [1.165, 1.54) is 4.90 Å². The first-order chi connectivity index (χ1) is 15.5. The lowest BCUT2D eigenvalue weighted by Gasteiger charge is -2.25. The number of aliphatic hydroxyl groups excluding tert-OH is 1. The van der Waals surface area contributed by atoms with Gasteiger partial charge in [-0.15, -0.1) is 0 Å². The van der Waals surface area contributed by atoms with Crippen molar-refractivity contribution in [3.63, 3.8) is 0 Å². The number of ketones is 1. The fourth-order valence-corrected chi connectivity index (χ4v) is 3.80. The summed E-state index contributed by atoms with van der Waals surface area (Å²) in [5.41, 5.74) is 1.54. The highest BCUT2D eigenvalue weighted by molar-refractivity contribution is 6.51. The Kier molecular flexibility index (Phi) is 6.23. The van der Waals surface area contributed by atoms with E-state index in [9.17, 15) is 14.7 Å². The van der Waals surface area contributed by atoms with Crippen molar-refractivity contribution < 1.29 is 19.4 Å². The number of anilines is 1. The van der Waals surface area contributed by atoms with Gasteiger partial charge < -0.3 is 9.84 Å². The molecular weight excluding hydrogens is 428 g/mol. The van der Waals surface area contributed by atoms with Crippen LogP contribution in [0.15, 0.2) is 78.6 Å². The predicted molar refractivity (Wildman–Crippen MR) is 123 cm³/mol. The highest BCUT2D eigenvalue weighted by Gasteiger charge is 2.46. The monoisotopic (exact) mass is 448 g/mol. The topological polar surface area (TPSA) is 79.7 Å². The first kappa shape index (κ1) is 21.6. The summed E-state index contributed by atoms with van der Waals surface area (Å²) in [5, 5.41) is 11.7. The van der Waals surface area contributed by atoms with Gasteiger partial charge in [0.1, 0.15) is 11.5 Å². The van der Waals surface area contributed by atoms with E-state index in [1.54, 1.807) is 73.1 Å². The summed E-state index contributed by atoms with van der Waals surface area (Å²) in [6, 6.07) is 16.1. The van der Waals surface area contributed by atoms with Gasteiger partial charge in [-0.1, -0.05) is 30.7 Å². The number of aliphatic hydroxyl groups is 1. The van der Waals surface area contributed by atoms with Crippen LogP contribution in [0.3, 0.4) is 0 Å². The molecule has 0 saturated carbocycles. The van der Waals surface area contributed by atoms with Gasteiger partial charge in [-0.3, -0.25) is 19.5 Å². The molecule has 162 valence electrons. The summed E-state index contributed by atoms with van der Waals surface area (Å²) in [6.45, 7) is 2.53. The third kappa shape index (κ3) is 4.09. The molecule has 1 aliphatic heterocycles. The van der Waals surface area contributed by atoms with Crippen LogP contribution >= 0.6 is 11.6 Å². The maximum absolute atomic E-state index is 13.1. The third-order valence-electron chi connectivity index (χ3n) is 5.15. The highest BCUT2D eigenvalue weighted by atomic mass is 35.5. The van der Waals surface area contributed by atoms with Crippen LogP contribution in [0, 0.1) is 0 Å². The van der Waals surface area contributed by atoms with Crippen molar-refractivity contribution in [2.24, 2.45) is 0 Å². The van der Waals surface area contributed by atoms with Crippen molar-refractivity contribution in [2.75, 3.05) is 11.5 Å². The molecule has 32 heavy (non-hydrogen) atoms. The maximum Gasteiger partial charge on any atom is 0.300 e. The molecule has 0 radical (unpaired) electrons. The molecule has 0 aliphatic carbocycles. The molecule has 4 rings (SSSR count). The zero-order valence-electron chi connectivity index (χ0n) is 17.4. The Morgan fingerprint density at radius 3 is 2.50 bits per heavy atom. The summed E-state index contributed by atoms with van der Waals surface area (Å²) >= 11 is 6.01. The first-order valence-electron chi connectivity index (χ1n) is 10.2. The molecular formula is C25H21ClN2O4. The number of rotatable bonds is 6. The lowest BCUT2D eigenvalue weighted by molar-refractivity contribution is -0.132. The van der Waals surface area contributed by atoms with E-state index >= 15 is 0 Å². The Labute approximate surface area is 190 Å². The second-order valence-electron chi connectivity index (χ2n) is 7.30. The van der Waals surface area contributed by atoms with Crippen molar-refractivity contribution in [3.8, 4) is 5.75 Å². The molecule has 1 unspecified atom stereocenters. The van der Waals surface area contributed by atoms with Gasteiger partial charge in [-0.2, -0.15) is 0 Å². The van der Waals surface area contributed by atoms with Crippen molar-refractivity contribution in [1.82, 2.24) is 4.98 Å². The van der Waals surface area contributed by atoms with Gasteiger partial charge in [0.2, 0.25) is 0 Å². The summed E-state index contributed by atoms with van der Waals surface area (Å²) in [4.78, 5) is 31.6. The second-order valence-corrected chi connectivity index (χ2v) is 7.74. The van der Waals surface area contributed by atoms with Crippen LogP contribution in [0.5, 0.6) is 5.75 Å². The highest BCUT2D eigenvalue weighted by Crippen LogP contribution is 2.42. The molecule has 0 bridgehead atoms. The number of ether oxygens (including phenoxy) is 1. The summed E-state index contributed by atoms with van der Waals surface area (Å²) in [5.74, 6) is -1.18. The van der Waals surface area contributed by atoms with Gasteiger partial charge in [0.15, 0.2) is 0 Å². The maximum atomic E-state index is 13.1. The minimum Gasteiger partial charge on any atom is -0.507 e. The van der Waals surface area contributed by atoms with Gasteiger partial charge in [0, 0.05) is 28.7 Å². The van der Waals surface area contributed by atoms with E-state index < -0.39 is 17.7 Å². The molecule has 1 atom stereocenters. The molecule has 3 aromatic rings. The normalized spacial score (nSPS) is 17.6. The first-order valence-corrected chi connectivity index (χ1v) is 10.6. The molecule has 2 aromatic carbocycles. The summed E-state index contributed by atoms with van der Waals surface area (Å²) in [7, 11) is 0. The minimum atomic E-state index is -0.820. The number of benzene rings is 2. The van der Waals surface area contributed by atoms with Gasteiger partial charge in [-0.05, 0) is 60.5 Å². The lowest BCUT2D eigenvalue weighted by Crippen LogP contribution is -2.29. The van der Waals surface area contributed by atoms with Crippen LogP contribution in [-0.4, -0.2) is 28.4 Å². The standard InChI is InChI=1S/C25H21ClN2O4/c1-2-14-32-20-5-3-4-17(15-20)23(29)21-22(16-10-12-27-13-11-16)28(25(31)24(21)30)19-8-6-18(26)7-9-19/h3-13,15,22,29H,2,14H2,1H3/b23-21-. The molecule has 7 heteroatoms. The number of carbonyl (C=O) groups excluding carboxylic acids is 2. The van der Waals surface area contributed by atoms with Crippen LogP contribution in [0.1, 0.15) is 30.5 Å². The van der Waals surface area contributed by atoms with E-state index in [-0.39, 0.29) is 11.3 Å². The number of aromatic nitrogens is 1. The average molecular weight is 449 g/mol. The molecule has 0 spiro atoms. The molecule has 2 heterocycles. The van der Waals surface area contributed by atoms with Gasteiger partial charge >= 0.3 is 0 Å². The zero-order valence-corrected chi connectivity index (χ0v) is 18.1. The van der Waals surface area contributed by atoms with Gasteiger partial charge in [0.05, 0.1) is 18.2 Å². The molecule has 1 aliphatic rings. The fraction of sp³-hybridized carbons (Fsp3) is 0.160. The summed E-state index contributed by atoms with van der Waals surface area (Å²) in [6.07, 6.45) is 4.00. The fourth-order valence-electron chi connectivity index (χ4n) is 3.67. The van der Waals surface area contributed by atoms with Crippen LogP contribution < -0.4 is 9.64 Å². The van der Waals surface area contributed by atoms with Crippen LogP contribution in [0.4, 0.5) is 5.69 Å². The number of halogens is 1. The Balaban J connectivity index is 1.87. The Bertz CT molecular complexity index is 1180. The van der Waals surface area contributed by atoms with E-state index in [2.05, 4.69) is 4.98 Å². The van der Waals surface area contributed by atoms with E-state index in [1.807, 2.05) is 6.92 Å². The molecule has 1 fully saturated rings. The van der Waals surface area contributed by atoms with E-state index in [0.717, 1.165) is 6.42 Å². The number of Topliss-reactive ketones (excluding diaryl/α,β-unsaturated/α-hetero) is 1. The Hall–Kier alpha value is -3.64. The smallest absolute Gasteiger partial charge is 0.300 e. The average Bonchev–Trinajstić information content (AvgIpc) is 3.09. The van der Waals surface area contributed by atoms with Crippen LogP contribution in [0.25, 0.3) is 5.76 Å². The van der Waals surface area contributed by atoms with Crippen LogP contribution in [0.2, 0.25) is 5.02 Å². The van der Waals surface area contributed by atoms with Crippen molar-refractivity contribution in [2.45, 2.75) is 19.4 Å². The lowest BCUT2D eigenvalue weighted by atomic mass is 9.95. The predicted octanol–water partition coefficient (Wildman–Crippen LogP) is 5.15. The number of hydrogen-bond acceptors (Lipinski definition) is 5. The van der Waals surface area contributed by atoms with Gasteiger partial charge in [0.25, 0.3) is 11.7 Å². The summed E-state index contributed by atoms with van der Waals surface area (Å²) < 4.78 is 5.65. The van der Waals surface area contributed by atoms with E-state index in [0.29, 0.717) is 34.2 Å². The zero-order chi connectivity index (χ0) is 22.7. The third-order valence-corrected chi connectivity index (χ3v) is 5.40. The Morgan fingerprint density at radius 1 is 1.09 bits per heavy atom. The molecule has 1 amide bonds. The second kappa shape index (κ2) is 9.24. The Morgan fingerprint density at radius 2 is 1.81 bits per heavy atom. The van der Waals surface area contributed by atoms with Crippen LogP contribution in [-0.2, 0) is 9.59 Å². The molecule has 1 N–H and O–H groups in total. The van der Waals surface area contributed by atoms with Crippen molar-refractivity contribution >= 4 is 34.7 Å². The quantitative estimate of drug-likeness (QED) is 0.320. The largest absolute Gasteiger partial charge is 0.507 e. The minimum absolute atomic E-state index is 0.00351. The molecule has 6 nitrogen and oxygen atoms in total. The van der Waals surface area contributed by atoms with E-state index in [4.69, 9.17) is 16.3 Å². The molecule has 1 aromatic heterocycles. The van der Waals surface area contributed by atoms with Gasteiger partial charge in [-0.25, -0.2) is 0 Å². The van der Waals surface area contributed by atoms with Crippen molar-refractivity contribution in [1.29, 1.82) is 0 Å². The number of pyridine rings is 1. The molecule has 1 saturated heterocycles. The number of carbonyl (C=O) groups is 2. The number of nitrogens with zero attached hydrogens (tertiary/aromatic N) is 2. The SMILES string of the molecule is CCCOc1cccc(/C(O)=C2/C(=O)C(=O)N(c3ccc(Cl)cc3)C2c2ccncc2)c1. The van der Waals surface area contributed by atoms with Crippen molar-refractivity contribution in [3.05, 3.63) is 94.8 Å².